The average Bonchev–Trinajstić information content (AvgIpc) is 2.75. The SMILES string of the molecule is CCc1nc(-c2cscn2)[nH]c(=O)c1I. The number of aromatic amines is 1. The van der Waals surface area contributed by atoms with E-state index >= 15 is 0 Å². The minimum absolute atomic E-state index is 0.0922. The van der Waals surface area contributed by atoms with Gasteiger partial charge in [-0.25, -0.2) is 9.97 Å². The second-order valence-corrected chi connectivity index (χ2v) is 4.70. The van der Waals surface area contributed by atoms with E-state index in [1.54, 1.807) is 5.51 Å². The molecule has 0 fully saturated rings. The molecule has 0 aliphatic heterocycles. The van der Waals surface area contributed by atoms with E-state index < -0.39 is 0 Å². The van der Waals surface area contributed by atoms with E-state index in [9.17, 15) is 4.79 Å². The Labute approximate surface area is 104 Å². The molecule has 2 heterocycles. The van der Waals surface area contributed by atoms with Crippen LogP contribution < -0.4 is 5.56 Å². The van der Waals surface area contributed by atoms with Gasteiger partial charge >= 0.3 is 0 Å². The number of halogens is 1. The normalized spacial score (nSPS) is 10.5. The summed E-state index contributed by atoms with van der Waals surface area (Å²) in [5.74, 6) is 0.554. The molecule has 0 spiro atoms. The van der Waals surface area contributed by atoms with Gasteiger partial charge in [0.05, 0.1) is 14.8 Å². The molecule has 0 amide bonds. The lowest BCUT2D eigenvalue weighted by molar-refractivity contribution is 0.964. The lowest BCUT2D eigenvalue weighted by Crippen LogP contribution is -2.16. The Bertz CT molecular complexity index is 521. The van der Waals surface area contributed by atoms with Crippen LogP contribution in [-0.4, -0.2) is 15.0 Å². The first kappa shape index (κ1) is 10.7. The number of H-pyrrole nitrogens is 1. The van der Waals surface area contributed by atoms with Crippen LogP contribution in [0.15, 0.2) is 15.7 Å². The summed E-state index contributed by atoms with van der Waals surface area (Å²) in [5.41, 5.74) is 3.18. The lowest BCUT2D eigenvalue weighted by Gasteiger charge is -2.02. The standard InChI is InChI=1S/C9H8IN3OS/c1-2-5-7(10)9(14)13-8(12-5)6-3-15-4-11-6/h3-4H,2H2,1H3,(H,12,13,14). The third-order valence-electron chi connectivity index (χ3n) is 1.94. The van der Waals surface area contributed by atoms with Crippen LogP contribution in [0, 0.1) is 3.57 Å². The van der Waals surface area contributed by atoms with Gasteiger partial charge in [-0.05, 0) is 29.0 Å². The summed E-state index contributed by atoms with van der Waals surface area (Å²) in [6.07, 6.45) is 0.749. The van der Waals surface area contributed by atoms with Gasteiger partial charge < -0.3 is 4.98 Å². The Kier molecular flexibility index (Phi) is 3.15. The molecular weight excluding hydrogens is 325 g/mol. The highest BCUT2D eigenvalue weighted by Gasteiger charge is 2.09. The average molecular weight is 333 g/mol. The van der Waals surface area contributed by atoms with Crippen molar-refractivity contribution in [2.24, 2.45) is 0 Å². The highest BCUT2D eigenvalue weighted by Crippen LogP contribution is 2.15. The molecule has 0 atom stereocenters. The van der Waals surface area contributed by atoms with Crippen molar-refractivity contribution in [3.63, 3.8) is 0 Å². The van der Waals surface area contributed by atoms with Crippen LogP contribution in [0.3, 0.4) is 0 Å². The van der Waals surface area contributed by atoms with Crippen LogP contribution in [0.4, 0.5) is 0 Å². The van der Waals surface area contributed by atoms with Crippen molar-refractivity contribution in [2.75, 3.05) is 0 Å². The van der Waals surface area contributed by atoms with Crippen molar-refractivity contribution in [3.8, 4) is 11.5 Å². The molecule has 1 N–H and O–H groups in total. The van der Waals surface area contributed by atoms with E-state index in [4.69, 9.17) is 0 Å². The summed E-state index contributed by atoms with van der Waals surface area (Å²) in [6, 6.07) is 0. The van der Waals surface area contributed by atoms with Gasteiger partial charge in [0, 0.05) is 5.38 Å². The third-order valence-corrected chi connectivity index (χ3v) is 3.64. The number of aromatic nitrogens is 3. The van der Waals surface area contributed by atoms with E-state index in [1.807, 2.05) is 34.9 Å². The molecule has 4 nitrogen and oxygen atoms in total. The van der Waals surface area contributed by atoms with Crippen LogP contribution in [-0.2, 0) is 6.42 Å². The zero-order chi connectivity index (χ0) is 10.8. The van der Waals surface area contributed by atoms with Crippen LogP contribution in [0.1, 0.15) is 12.6 Å². The molecule has 0 saturated carbocycles. The van der Waals surface area contributed by atoms with Gasteiger partial charge in [-0.3, -0.25) is 4.79 Å². The van der Waals surface area contributed by atoms with E-state index in [0.717, 1.165) is 17.8 Å². The zero-order valence-electron chi connectivity index (χ0n) is 7.95. The summed E-state index contributed by atoms with van der Waals surface area (Å²) < 4.78 is 0.661. The first-order chi connectivity index (χ1) is 7.22. The molecule has 0 bridgehead atoms. The maximum atomic E-state index is 11.6. The van der Waals surface area contributed by atoms with Gasteiger partial charge in [0.2, 0.25) is 0 Å². The minimum Gasteiger partial charge on any atom is -0.304 e. The maximum absolute atomic E-state index is 11.6. The minimum atomic E-state index is -0.0922. The first-order valence-corrected chi connectivity index (χ1v) is 6.41. The summed E-state index contributed by atoms with van der Waals surface area (Å²) in [7, 11) is 0. The highest BCUT2D eigenvalue weighted by molar-refractivity contribution is 14.1. The number of nitrogens with one attached hydrogen (secondary N) is 1. The molecule has 2 aromatic rings. The number of thiazole rings is 1. The number of aryl methyl sites for hydroxylation is 1. The molecule has 2 aromatic heterocycles. The first-order valence-electron chi connectivity index (χ1n) is 4.39. The quantitative estimate of drug-likeness (QED) is 0.856. The Balaban J connectivity index is 2.61. The number of hydrogen-bond donors (Lipinski definition) is 1. The Hall–Kier alpha value is -0.760. The molecule has 0 aliphatic rings. The Morgan fingerprint density at radius 3 is 3.00 bits per heavy atom. The van der Waals surface area contributed by atoms with Crippen LogP contribution in [0.2, 0.25) is 0 Å². The molecular formula is C9H8IN3OS. The largest absolute Gasteiger partial charge is 0.304 e. The molecule has 0 unspecified atom stereocenters. The molecule has 6 heteroatoms. The lowest BCUT2D eigenvalue weighted by atomic mass is 10.3. The maximum Gasteiger partial charge on any atom is 0.264 e. The van der Waals surface area contributed by atoms with Gasteiger partial charge in [0.25, 0.3) is 5.56 Å². The number of nitrogens with zero attached hydrogens (tertiary/aromatic N) is 2. The fourth-order valence-electron chi connectivity index (χ4n) is 1.19. The van der Waals surface area contributed by atoms with Crippen molar-refractivity contribution in [1.82, 2.24) is 15.0 Å². The van der Waals surface area contributed by atoms with E-state index in [1.165, 1.54) is 11.3 Å². The summed E-state index contributed by atoms with van der Waals surface area (Å²) in [6.45, 7) is 1.98. The predicted octanol–water partition coefficient (Wildman–Crippen LogP) is 2.06. The van der Waals surface area contributed by atoms with Crippen LogP contribution in [0.5, 0.6) is 0 Å². The van der Waals surface area contributed by atoms with Crippen molar-refractivity contribution in [1.29, 1.82) is 0 Å². The summed E-state index contributed by atoms with van der Waals surface area (Å²) >= 11 is 3.50. The van der Waals surface area contributed by atoms with Crippen LogP contribution >= 0.6 is 33.9 Å². The van der Waals surface area contributed by atoms with Gasteiger partial charge in [0.15, 0.2) is 5.82 Å². The van der Waals surface area contributed by atoms with Gasteiger partial charge in [-0.15, -0.1) is 11.3 Å². The van der Waals surface area contributed by atoms with Crippen LogP contribution in [0.25, 0.3) is 11.5 Å². The smallest absolute Gasteiger partial charge is 0.264 e. The molecule has 15 heavy (non-hydrogen) atoms. The highest BCUT2D eigenvalue weighted by atomic mass is 127. The number of rotatable bonds is 2. The fraction of sp³-hybridized carbons (Fsp3) is 0.222. The molecule has 2 rings (SSSR count). The molecule has 0 radical (unpaired) electrons. The molecule has 0 aliphatic carbocycles. The van der Waals surface area contributed by atoms with E-state index in [2.05, 4.69) is 15.0 Å². The van der Waals surface area contributed by atoms with E-state index in [-0.39, 0.29) is 5.56 Å². The van der Waals surface area contributed by atoms with Crippen molar-refractivity contribution >= 4 is 33.9 Å². The summed E-state index contributed by atoms with van der Waals surface area (Å²) in [4.78, 5) is 22.8. The van der Waals surface area contributed by atoms with Gasteiger partial charge in [-0.1, -0.05) is 6.92 Å². The fourth-order valence-corrected chi connectivity index (χ4v) is 2.36. The number of hydrogen-bond acceptors (Lipinski definition) is 4. The monoisotopic (exact) mass is 333 g/mol. The van der Waals surface area contributed by atoms with Gasteiger partial charge in [0.1, 0.15) is 5.69 Å². The second kappa shape index (κ2) is 4.40. The molecule has 78 valence electrons. The Morgan fingerprint density at radius 2 is 2.40 bits per heavy atom. The zero-order valence-corrected chi connectivity index (χ0v) is 10.9. The Morgan fingerprint density at radius 1 is 1.60 bits per heavy atom. The predicted molar refractivity (Wildman–Crippen MR) is 68.1 cm³/mol. The molecule has 0 aromatic carbocycles. The van der Waals surface area contributed by atoms with E-state index in [0.29, 0.717) is 9.39 Å². The van der Waals surface area contributed by atoms with Crippen molar-refractivity contribution in [2.45, 2.75) is 13.3 Å². The van der Waals surface area contributed by atoms with Gasteiger partial charge in [-0.2, -0.15) is 0 Å². The second-order valence-electron chi connectivity index (χ2n) is 2.90. The van der Waals surface area contributed by atoms with Crippen molar-refractivity contribution in [3.05, 3.63) is 30.5 Å². The third kappa shape index (κ3) is 2.10. The topological polar surface area (TPSA) is 58.6 Å². The molecule has 0 saturated heterocycles. The van der Waals surface area contributed by atoms with Crippen molar-refractivity contribution < 1.29 is 0 Å². The summed E-state index contributed by atoms with van der Waals surface area (Å²) in [5, 5.41) is 1.87.